The van der Waals surface area contributed by atoms with Gasteiger partial charge in [0, 0.05) is 31.1 Å². The predicted octanol–water partition coefficient (Wildman–Crippen LogP) is 3.62. The van der Waals surface area contributed by atoms with E-state index >= 15 is 0 Å². The van der Waals surface area contributed by atoms with Crippen molar-refractivity contribution in [1.29, 1.82) is 0 Å². The number of thiophene rings is 1. The monoisotopic (exact) mass is 318 g/mol. The lowest BCUT2D eigenvalue weighted by Gasteiger charge is -2.36. The molecule has 0 saturated carbocycles. The Morgan fingerprint density at radius 3 is 2.82 bits per heavy atom. The van der Waals surface area contributed by atoms with E-state index in [1.54, 1.807) is 6.07 Å². The summed E-state index contributed by atoms with van der Waals surface area (Å²) in [5.74, 6) is 0. The van der Waals surface area contributed by atoms with Crippen LogP contribution in [0.1, 0.15) is 24.2 Å². The summed E-state index contributed by atoms with van der Waals surface area (Å²) < 4.78 is 6.04. The standard InChI is InChI=1S/C16H18N2O3S/c1-12-8-17(9-13-7-16(18(19)20)22-11-13)10-15(21-12)14-5-3-2-4-6-14/h2-7,11-12,15H,8-10H2,1H3. The molecule has 0 N–H and O–H groups in total. The van der Waals surface area contributed by atoms with Crippen LogP contribution in [-0.4, -0.2) is 29.0 Å². The van der Waals surface area contributed by atoms with Gasteiger partial charge in [0.25, 0.3) is 0 Å². The van der Waals surface area contributed by atoms with Gasteiger partial charge >= 0.3 is 5.00 Å². The van der Waals surface area contributed by atoms with E-state index in [1.807, 2.05) is 23.6 Å². The summed E-state index contributed by atoms with van der Waals surface area (Å²) in [7, 11) is 0. The van der Waals surface area contributed by atoms with Crippen LogP contribution in [0.25, 0.3) is 0 Å². The van der Waals surface area contributed by atoms with Crippen molar-refractivity contribution in [3.05, 3.63) is 63.0 Å². The molecule has 6 heteroatoms. The van der Waals surface area contributed by atoms with Gasteiger partial charge in [-0.2, -0.15) is 0 Å². The summed E-state index contributed by atoms with van der Waals surface area (Å²) in [5, 5.41) is 12.9. The van der Waals surface area contributed by atoms with Crippen LogP contribution in [0.3, 0.4) is 0 Å². The van der Waals surface area contributed by atoms with Crippen molar-refractivity contribution in [2.75, 3.05) is 13.1 Å². The van der Waals surface area contributed by atoms with Gasteiger partial charge in [0.1, 0.15) is 0 Å². The van der Waals surface area contributed by atoms with Gasteiger partial charge in [0.15, 0.2) is 0 Å². The fourth-order valence-corrected chi connectivity index (χ4v) is 3.54. The van der Waals surface area contributed by atoms with Gasteiger partial charge in [-0.15, -0.1) is 0 Å². The molecule has 5 nitrogen and oxygen atoms in total. The van der Waals surface area contributed by atoms with Gasteiger partial charge in [0.05, 0.1) is 17.1 Å². The Bertz CT molecular complexity index is 644. The summed E-state index contributed by atoms with van der Waals surface area (Å²) in [6, 6.07) is 11.9. The molecule has 0 bridgehead atoms. The van der Waals surface area contributed by atoms with Crippen LogP contribution < -0.4 is 0 Å². The van der Waals surface area contributed by atoms with Crippen molar-refractivity contribution in [3.63, 3.8) is 0 Å². The summed E-state index contributed by atoms with van der Waals surface area (Å²) in [5.41, 5.74) is 2.17. The zero-order valence-electron chi connectivity index (χ0n) is 12.3. The Morgan fingerprint density at radius 2 is 2.14 bits per heavy atom. The van der Waals surface area contributed by atoms with E-state index in [4.69, 9.17) is 4.74 Å². The molecule has 1 saturated heterocycles. The second-order valence-corrected chi connectivity index (χ2v) is 6.48. The first-order chi connectivity index (χ1) is 10.6. The summed E-state index contributed by atoms with van der Waals surface area (Å²) in [4.78, 5) is 12.8. The highest BCUT2D eigenvalue weighted by atomic mass is 32.1. The maximum Gasteiger partial charge on any atom is 0.324 e. The minimum atomic E-state index is -0.330. The molecular weight excluding hydrogens is 300 g/mol. The molecule has 1 aromatic carbocycles. The lowest BCUT2D eigenvalue weighted by Crippen LogP contribution is -2.42. The van der Waals surface area contributed by atoms with Crippen LogP contribution >= 0.6 is 11.3 Å². The largest absolute Gasteiger partial charge is 0.368 e. The van der Waals surface area contributed by atoms with E-state index < -0.39 is 0 Å². The van der Waals surface area contributed by atoms with Gasteiger partial charge in [-0.1, -0.05) is 41.7 Å². The number of hydrogen-bond donors (Lipinski definition) is 0. The van der Waals surface area contributed by atoms with Crippen molar-refractivity contribution >= 4 is 16.3 Å². The fourth-order valence-electron chi connectivity index (χ4n) is 2.82. The first-order valence-corrected chi connectivity index (χ1v) is 8.14. The molecule has 0 spiro atoms. The van der Waals surface area contributed by atoms with E-state index in [0.29, 0.717) is 0 Å². The van der Waals surface area contributed by atoms with Gasteiger partial charge < -0.3 is 4.74 Å². The molecule has 3 rings (SSSR count). The summed E-state index contributed by atoms with van der Waals surface area (Å²) in [6.07, 6.45) is 0.200. The minimum absolute atomic E-state index is 0.0542. The minimum Gasteiger partial charge on any atom is -0.368 e. The molecule has 2 heterocycles. The smallest absolute Gasteiger partial charge is 0.324 e. The molecule has 1 fully saturated rings. The van der Waals surface area contributed by atoms with Crippen molar-refractivity contribution in [2.24, 2.45) is 0 Å². The highest BCUT2D eigenvalue weighted by molar-refractivity contribution is 7.13. The molecular formula is C16H18N2O3S. The molecule has 0 radical (unpaired) electrons. The zero-order chi connectivity index (χ0) is 15.5. The quantitative estimate of drug-likeness (QED) is 0.638. The molecule has 1 aliphatic rings. The highest BCUT2D eigenvalue weighted by Gasteiger charge is 2.26. The number of morpholine rings is 1. The Hall–Kier alpha value is -1.76. The van der Waals surface area contributed by atoms with Crippen LogP contribution in [0.4, 0.5) is 5.00 Å². The van der Waals surface area contributed by atoms with Gasteiger partial charge in [0.2, 0.25) is 0 Å². The number of nitrogens with zero attached hydrogens (tertiary/aromatic N) is 2. The number of benzene rings is 1. The lowest BCUT2D eigenvalue weighted by molar-refractivity contribution is -0.380. The third-order valence-corrected chi connectivity index (χ3v) is 4.66. The van der Waals surface area contributed by atoms with Gasteiger partial charge in [-0.05, 0) is 18.1 Å². The maximum atomic E-state index is 10.8. The van der Waals surface area contributed by atoms with Gasteiger partial charge in [-0.25, -0.2) is 0 Å². The van der Waals surface area contributed by atoms with Crippen LogP contribution in [-0.2, 0) is 11.3 Å². The third kappa shape index (κ3) is 3.52. The van der Waals surface area contributed by atoms with Crippen LogP contribution in [0.5, 0.6) is 0 Å². The van der Waals surface area contributed by atoms with E-state index in [-0.39, 0.29) is 22.1 Å². The predicted molar refractivity (Wildman–Crippen MR) is 86.0 cm³/mol. The van der Waals surface area contributed by atoms with E-state index in [0.717, 1.165) is 25.2 Å². The highest BCUT2D eigenvalue weighted by Crippen LogP contribution is 2.28. The molecule has 0 amide bonds. The van der Waals surface area contributed by atoms with Crippen LogP contribution in [0.15, 0.2) is 41.8 Å². The topological polar surface area (TPSA) is 55.6 Å². The van der Waals surface area contributed by atoms with Crippen LogP contribution in [0.2, 0.25) is 0 Å². The Labute approximate surface area is 133 Å². The van der Waals surface area contributed by atoms with Crippen molar-refractivity contribution in [3.8, 4) is 0 Å². The number of ether oxygens (including phenoxy) is 1. The third-order valence-electron chi connectivity index (χ3n) is 3.73. The summed E-state index contributed by atoms with van der Waals surface area (Å²) in [6.45, 7) is 4.44. The normalized spacial score (nSPS) is 22.6. The van der Waals surface area contributed by atoms with Gasteiger partial charge in [-0.3, -0.25) is 15.0 Å². The SMILES string of the molecule is CC1CN(Cc2csc([N+](=O)[O-])c2)CC(c2ccccc2)O1. The van der Waals surface area contributed by atoms with Crippen molar-refractivity contribution in [1.82, 2.24) is 4.90 Å². The Morgan fingerprint density at radius 1 is 1.36 bits per heavy atom. The average Bonchev–Trinajstić information content (AvgIpc) is 2.96. The van der Waals surface area contributed by atoms with Crippen LogP contribution in [0, 0.1) is 10.1 Å². The van der Waals surface area contributed by atoms with E-state index in [1.165, 1.54) is 16.9 Å². The first kappa shape index (κ1) is 15.1. The number of nitro groups is 1. The number of rotatable bonds is 4. The first-order valence-electron chi connectivity index (χ1n) is 7.26. The molecule has 1 aliphatic heterocycles. The molecule has 0 aliphatic carbocycles. The fraction of sp³-hybridized carbons (Fsp3) is 0.375. The summed E-state index contributed by atoms with van der Waals surface area (Å²) >= 11 is 1.19. The Balaban J connectivity index is 1.69. The van der Waals surface area contributed by atoms with Crippen molar-refractivity contribution in [2.45, 2.75) is 25.7 Å². The number of hydrogen-bond acceptors (Lipinski definition) is 5. The molecule has 22 heavy (non-hydrogen) atoms. The average molecular weight is 318 g/mol. The van der Waals surface area contributed by atoms with E-state index in [2.05, 4.69) is 24.0 Å². The lowest BCUT2D eigenvalue weighted by atomic mass is 10.1. The zero-order valence-corrected chi connectivity index (χ0v) is 13.2. The molecule has 2 aromatic rings. The maximum absolute atomic E-state index is 10.8. The molecule has 1 aromatic heterocycles. The van der Waals surface area contributed by atoms with E-state index in [9.17, 15) is 10.1 Å². The Kier molecular flexibility index (Phi) is 4.52. The molecule has 116 valence electrons. The molecule has 2 atom stereocenters. The molecule has 2 unspecified atom stereocenters. The van der Waals surface area contributed by atoms with Crippen molar-refractivity contribution < 1.29 is 9.66 Å². The second kappa shape index (κ2) is 6.56. The second-order valence-electron chi connectivity index (χ2n) is 5.59.